The van der Waals surface area contributed by atoms with E-state index in [9.17, 15) is 30.8 Å². The first-order valence-corrected chi connectivity index (χ1v) is 11.9. The van der Waals surface area contributed by atoms with Crippen LogP contribution in [0.1, 0.15) is 28.8 Å². The number of hydrogen-bond acceptors (Lipinski definition) is 5. The zero-order valence-corrected chi connectivity index (χ0v) is 19.3. The maximum Gasteiger partial charge on any atom is 0.425 e. The first-order chi connectivity index (χ1) is 15.2. The summed E-state index contributed by atoms with van der Waals surface area (Å²) < 4.78 is 87.8. The summed E-state index contributed by atoms with van der Waals surface area (Å²) in [6.07, 6.45) is -6.13. The molecule has 0 aromatic heterocycles. The average molecular weight is 510 g/mol. The molecule has 1 amide bonds. The topological polar surface area (TPSA) is 72.9 Å². The predicted molar refractivity (Wildman–Crippen MR) is 112 cm³/mol. The van der Waals surface area contributed by atoms with Crippen molar-refractivity contribution in [2.24, 2.45) is 0 Å². The van der Waals surface area contributed by atoms with Crippen LogP contribution < -0.4 is 9.47 Å². The van der Waals surface area contributed by atoms with Crippen LogP contribution in [0.5, 0.6) is 11.5 Å². The van der Waals surface area contributed by atoms with Crippen LogP contribution in [0.15, 0.2) is 35.2 Å². The van der Waals surface area contributed by atoms with E-state index in [4.69, 9.17) is 21.1 Å². The molecular formula is C21H20ClF4NO5S. The second-order valence-corrected chi connectivity index (χ2v) is 10.0. The Hall–Kier alpha value is -2.53. The molecule has 1 heterocycles. The van der Waals surface area contributed by atoms with Crippen molar-refractivity contribution in [2.45, 2.75) is 30.0 Å². The Labute approximate surface area is 193 Å². The van der Waals surface area contributed by atoms with Gasteiger partial charge in [0.1, 0.15) is 22.0 Å². The van der Waals surface area contributed by atoms with Crippen LogP contribution in [0.2, 0.25) is 5.02 Å². The standard InChI is InChI=1S/C21H20ClF4NO5S/c1-11(21(24,25)26)32-16-6-7-17(33(3,29)30)19(31-2)18(16)20(28)27-9-12(10-27)14-8-13(22)4-5-15(14)23/h4-8,11-12H,9-10H2,1-3H3/t11-/m0/s1. The van der Waals surface area contributed by atoms with Gasteiger partial charge in [0.25, 0.3) is 5.91 Å². The SMILES string of the molecule is COc1c(S(C)(=O)=O)ccc(O[C@@H](C)C(F)(F)F)c1C(=O)N1CC(c2cc(Cl)ccc2F)C1. The van der Waals surface area contributed by atoms with Crippen LogP contribution in [0.25, 0.3) is 0 Å². The molecule has 1 aliphatic rings. The van der Waals surface area contributed by atoms with E-state index in [2.05, 4.69) is 0 Å². The highest BCUT2D eigenvalue weighted by molar-refractivity contribution is 7.90. The minimum Gasteiger partial charge on any atom is -0.494 e. The minimum atomic E-state index is -4.73. The normalized spacial score (nSPS) is 15.7. The quantitative estimate of drug-likeness (QED) is 0.538. The number of nitrogens with zero attached hydrogens (tertiary/aromatic N) is 1. The molecule has 1 saturated heterocycles. The lowest BCUT2D eigenvalue weighted by Crippen LogP contribution is -2.49. The Morgan fingerprint density at radius 1 is 1.21 bits per heavy atom. The molecule has 0 bridgehead atoms. The second kappa shape index (κ2) is 9.02. The van der Waals surface area contributed by atoms with Crippen molar-refractivity contribution < 1.29 is 40.2 Å². The number of carbonyl (C=O) groups is 1. The van der Waals surface area contributed by atoms with E-state index in [0.717, 1.165) is 32.4 Å². The van der Waals surface area contributed by atoms with Gasteiger partial charge in [-0.05, 0) is 42.8 Å². The predicted octanol–water partition coefficient (Wildman–Crippen LogP) is 4.46. The lowest BCUT2D eigenvalue weighted by atomic mass is 9.90. The number of hydrogen-bond donors (Lipinski definition) is 0. The molecule has 33 heavy (non-hydrogen) atoms. The second-order valence-electron chi connectivity index (χ2n) is 7.62. The molecule has 12 heteroatoms. The van der Waals surface area contributed by atoms with Crippen molar-refractivity contribution in [2.75, 3.05) is 26.5 Å². The Kier molecular flexibility index (Phi) is 6.86. The number of ether oxygens (including phenoxy) is 2. The molecule has 0 saturated carbocycles. The van der Waals surface area contributed by atoms with Crippen molar-refractivity contribution >= 4 is 27.3 Å². The summed E-state index contributed by atoms with van der Waals surface area (Å²) in [5.74, 6) is -2.61. The Bertz CT molecular complexity index is 1180. The number of sulfone groups is 1. The van der Waals surface area contributed by atoms with Gasteiger partial charge in [-0.15, -0.1) is 0 Å². The van der Waals surface area contributed by atoms with Crippen molar-refractivity contribution in [3.8, 4) is 11.5 Å². The summed E-state index contributed by atoms with van der Waals surface area (Å²) in [4.78, 5) is 14.1. The highest BCUT2D eigenvalue weighted by atomic mass is 35.5. The molecule has 3 rings (SSSR count). The Balaban J connectivity index is 1.99. The lowest BCUT2D eigenvalue weighted by Gasteiger charge is -2.40. The van der Waals surface area contributed by atoms with Crippen LogP contribution in [-0.4, -0.2) is 58.0 Å². The maximum absolute atomic E-state index is 14.1. The largest absolute Gasteiger partial charge is 0.494 e. The summed E-state index contributed by atoms with van der Waals surface area (Å²) in [5, 5.41) is 0.315. The van der Waals surface area contributed by atoms with Crippen LogP contribution in [0.3, 0.4) is 0 Å². The first kappa shape index (κ1) is 25.1. The lowest BCUT2D eigenvalue weighted by molar-refractivity contribution is -0.189. The van der Waals surface area contributed by atoms with Crippen molar-refractivity contribution in [3.63, 3.8) is 0 Å². The molecule has 2 aromatic carbocycles. The van der Waals surface area contributed by atoms with Crippen molar-refractivity contribution in [3.05, 3.63) is 52.3 Å². The molecule has 180 valence electrons. The molecule has 1 aliphatic heterocycles. The number of amides is 1. The van der Waals surface area contributed by atoms with Gasteiger partial charge in [0.2, 0.25) is 0 Å². The molecule has 6 nitrogen and oxygen atoms in total. The summed E-state index contributed by atoms with van der Waals surface area (Å²) in [6.45, 7) is 0.833. The van der Waals surface area contributed by atoms with Crippen LogP contribution >= 0.6 is 11.6 Å². The van der Waals surface area contributed by atoms with Crippen LogP contribution in [0, 0.1) is 5.82 Å². The number of benzene rings is 2. The van der Waals surface area contributed by atoms with E-state index in [-0.39, 0.29) is 18.0 Å². The van der Waals surface area contributed by atoms with Crippen molar-refractivity contribution in [1.82, 2.24) is 4.90 Å². The van der Waals surface area contributed by atoms with Gasteiger partial charge in [-0.2, -0.15) is 13.2 Å². The molecule has 1 atom stereocenters. The van der Waals surface area contributed by atoms with Gasteiger partial charge in [0.15, 0.2) is 21.7 Å². The molecule has 0 unspecified atom stereocenters. The fraction of sp³-hybridized carbons (Fsp3) is 0.381. The van der Waals surface area contributed by atoms with E-state index < -0.39 is 56.8 Å². The van der Waals surface area contributed by atoms with Gasteiger partial charge in [-0.1, -0.05) is 11.6 Å². The van der Waals surface area contributed by atoms with E-state index >= 15 is 0 Å². The molecular weight excluding hydrogens is 490 g/mol. The number of carbonyl (C=O) groups excluding carboxylic acids is 1. The highest BCUT2D eigenvalue weighted by Crippen LogP contribution is 2.40. The third kappa shape index (κ3) is 5.19. The van der Waals surface area contributed by atoms with Gasteiger partial charge in [-0.3, -0.25) is 4.79 Å². The average Bonchev–Trinajstić information content (AvgIpc) is 2.67. The number of alkyl halides is 3. The van der Waals surface area contributed by atoms with Gasteiger partial charge in [0, 0.05) is 30.3 Å². The summed E-state index contributed by atoms with van der Waals surface area (Å²) in [7, 11) is -2.80. The summed E-state index contributed by atoms with van der Waals surface area (Å²) in [6, 6.07) is 6.03. The van der Waals surface area contributed by atoms with Crippen LogP contribution in [-0.2, 0) is 9.84 Å². The van der Waals surface area contributed by atoms with Crippen LogP contribution in [0.4, 0.5) is 17.6 Å². The number of likely N-dealkylation sites (tertiary alicyclic amines) is 1. The van der Waals surface area contributed by atoms with Gasteiger partial charge in [0.05, 0.1) is 7.11 Å². The number of rotatable bonds is 6. The molecule has 0 spiro atoms. The summed E-state index contributed by atoms with van der Waals surface area (Å²) >= 11 is 5.91. The molecule has 0 radical (unpaired) electrons. The van der Waals surface area contributed by atoms with Gasteiger partial charge in [-0.25, -0.2) is 12.8 Å². The summed E-state index contributed by atoms with van der Waals surface area (Å²) in [5.41, 5.74) is -0.160. The number of methoxy groups -OCH3 is 1. The highest BCUT2D eigenvalue weighted by Gasteiger charge is 2.41. The fourth-order valence-corrected chi connectivity index (χ4v) is 4.44. The molecule has 2 aromatic rings. The monoisotopic (exact) mass is 509 g/mol. The zero-order valence-electron chi connectivity index (χ0n) is 17.7. The Morgan fingerprint density at radius 3 is 2.39 bits per heavy atom. The van der Waals surface area contributed by atoms with E-state index in [1.807, 2.05) is 0 Å². The Morgan fingerprint density at radius 2 is 1.85 bits per heavy atom. The minimum absolute atomic E-state index is 0.0383. The third-order valence-electron chi connectivity index (χ3n) is 5.23. The van der Waals surface area contributed by atoms with E-state index in [1.54, 1.807) is 0 Å². The molecule has 0 N–H and O–H groups in total. The smallest absolute Gasteiger partial charge is 0.425 e. The zero-order chi connectivity index (χ0) is 24.7. The first-order valence-electron chi connectivity index (χ1n) is 9.62. The number of halogens is 5. The molecule has 0 aliphatic carbocycles. The van der Waals surface area contributed by atoms with E-state index in [1.165, 1.54) is 23.1 Å². The maximum atomic E-state index is 14.1. The van der Waals surface area contributed by atoms with Gasteiger partial charge >= 0.3 is 6.18 Å². The van der Waals surface area contributed by atoms with E-state index in [0.29, 0.717) is 10.6 Å². The van der Waals surface area contributed by atoms with Crippen molar-refractivity contribution in [1.29, 1.82) is 0 Å². The van der Waals surface area contributed by atoms with Gasteiger partial charge < -0.3 is 14.4 Å². The fourth-order valence-electron chi connectivity index (χ4n) is 3.42. The molecule has 1 fully saturated rings. The third-order valence-corrected chi connectivity index (χ3v) is 6.59.